The minimum absolute atomic E-state index is 0.259. The van der Waals surface area contributed by atoms with E-state index in [1.807, 2.05) is 24.3 Å². The molecule has 1 aromatic heterocycles. The van der Waals surface area contributed by atoms with Gasteiger partial charge in [0.1, 0.15) is 12.1 Å². The molecule has 0 spiro atoms. The van der Waals surface area contributed by atoms with Gasteiger partial charge in [0, 0.05) is 6.54 Å². The van der Waals surface area contributed by atoms with Gasteiger partial charge in [-0.1, -0.05) is 30.3 Å². The zero-order chi connectivity index (χ0) is 15.4. The Hall–Kier alpha value is -2.89. The number of fused-ring (bicyclic) bond motifs is 1. The van der Waals surface area contributed by atoms with Crippen molar-refractivity contribution in [3.8, 4) is 0 Å². The number of benzene rings is 2. The number of nitrogens with zero attached hydrogens (tertiary/aromatic N) is 2. The molecule has 0 aliphatic rings. The number of imidazole rings is 1. The van der Waals surface area contributed by atoms with Crippen LogP contribution in [0, 0.1) is 5.82 Å². The van der Waals surface area contributed by atoms with E-state index >= 15 is 0 Å². The number of hydrogen-bond acceptors (Lipinski definition) is 2. The molecule has 0 saturated carbocycles. The van der Waals surface area contributed by atoms with Crippen molar-refractivity contribution in [1.82, 2.24) is 15.0 Å². The summed E-state index contributed by atoms with van der Waals surface area (Å²) >= 11 is 0. The number of urea groups is 1. The van der Waals surface area contributed by atoms with Gasteiger partial charge in [-0.05, 0) is 30.2 Å². The van der Waals surface area contributed by atoms with Crippen LogP contribution in [0.5, 0.6) is 0 Å². The average Bonchev–Trinajstić information content (AvgIpc) is 2.92. The fourth-order valence-electron chi connectivity index (χ4n) is 2.21. The van der Waals surface area contributed by atoms with Crippen LogP contribution in [-0.4, -0.2) is 22.2 Å². The standard InChI is InChI=1S/C16H15FN4O/c17-13-6-2-1-5-12(13)9-10-18-16(22)20-21-11-19-14-7-3-4-8-15(14)21/h1-8,11H,9-10H2,(H2,18,20,22). The van der Waals surface area contributed by atoms with Crippen LogP contribution in [0.2, 0.25) is 0 Å². The van der Waals surface area contributed by atoms with Crippen LogP contribution in [0.25, 0.3) is 11.0 Å². The molecule has 6 heteroatoms. The van der Waals surface area contributed by atoms with Crippen molar-refractivity contribution in [3.63, 3.8) is 0 Å². The Balaban J connectivity index is 1.56. The minimum atomic E-state index is -0.362. The van der Waals surface area contributed by atoms with Crippen LogP contribution < -0.4 is 10.7 Å². The van der Waals surface area contributed by atoms with Crippen molar-refractivity contribution in [1.29, 1.82) is 0 Å². The summed E-state index contributed by atoms with van der Waals surface area (Å²) in [6.45, 7) is 0.347. The highest BCUT2D eigenvalue weighted by Crippen LogP contribution is 2.10. The van der Waals surface area contributed by atoms with Gasteiger partial charge in [-0.25, -0.2) is 24.3 Å². The summed E-state index contributed by atoms with van der Waals surface area (Å²) in [5.74, 6) is -0.259. The van der Waals surface area contributed by atoms with Gasteiger partial charge in [-0.3, -0.25) is 0 Å². The first kappa shape index (κ1) is 14.1. The molecule has 2 amide bonds. The smallest absolute Gasteiger partial charge is 0.333 e. The molecule has 5 nitrogen and oxygen atoms in total. The molecule has 22 heavy (non-hydrogen) atoms. The summed E-state index contributed by atoms with van der Waals surface area (Å²) in [4.78, 5) is 16.0. The number of carbonyl (C=O) groups is 1. The van der Waals surface area contributed by atoms with E-state index in [2.05, 4.69) is 15.7 Å². The second-order valence-electron chi connectivity index (χ2n) is 4.81. The number of carbonyl (C=O) groups excluding carboxylic acids is 1. The number of nitrogens with one attached hydrogen (secondary N) is 2. The predicted molar refractivity (Wildman–Crippen MR) is 82.6 cm³/mol. The van der Waals surface area contributed by atoms with E-state index < -0.39 is 0 Å². The maximum absolute atomic E-state index is 13.5. The molecule has 0 radical (unpaired) electrons. The highest BCUT2D eigenvalue weighted by atomic mass is 19.1. The zero-order valence-corrected chi connectivity index (χ0v) is 11.8. The van der Waals surface area contributed by atoms with E-state index in [4.69, 9.17) is 0 Å². The molecule has 2 aromatic carbocycles. The summed E-state index contributed by atoms with van der Waals surface area (Å²) in [5.41, 5.74) is 4.87. The first-order chi connectivity index (χ1) is 10.7. The third-order valence-corrected chi connectivity index (χ3v) is 3.31. The van der Waals surface area contributed by atoms with Crippen LogP contribution in [0.4, 0.5) is 9.18 Å². The normalized spacial score (nSPS) is 10.6. The van der Waals surface area contributed by atoms with Crippen molar-refractivity contribution < 1.29 is 9.18 Å². The fourth-order valence-corrected chi connectivity index (χ4v) is 2.21. The van der Waals surface area contributed by atoms with Gasteiger partial charge >= 0.3 is 6.03 Å². The third kappa shape index (κ3) is 3.06. The number of para-hydroxylation sites is 2. The lowest BCUT2D eigenvalue weighted by Gasteiger charge is -2.09. The predicted octanol–water partition coefficient (Wildman–Crippen LogP) is 2.67. The summed E-state index contributed by atoms with van der Waals surface area (Å²) in [5, 5.41) is 2.70. The minimum Gasteiger partial charge on any atom is -0.336 e. The lowest BCUT2D eigenvalue weighted by Crippen LogP contribution is -2.35. The van der Waals surface area contributed by atoms with Crippen LogP contribution in [-0.2, 0) is 6.42 Å². The largest absolute Gasteiger partial charge is 0.336 e. The topological polar surface area (TPSA) is 59.0 Å². The summed E-state index contributed by atoms with van der Waals surface area (Å²) in [6, 6.07) is 13.7. The summed E-state index contributed by atoms with van der Waals surface area (Å²) in [7, 11) is 0. The Bertz CT molecular complexity index is 799. The van der Waals surface area contributed by atoms with Crippen molar-refractivity contribution in [2.75, 3.05) is 12.0 Å². The first-order valence-electron chi connectivity index (χ1n) is 6.94. The molecule has 0 aliphatic carbocycles. The van der Waals surface area contributed by atoms with Gasteiger partial charge in [0.05, 0.1) is 11.0 Å². The molecule has 3 rings (SSSR count). The highest BCUT2D eigenvalue weighted by Gasteiger charge is 2.06. The lowest BCUT2D eigenvalue weighted by molar-refractivity contribution is 0.249. The van der Waals surface area contributed by atoms with Gasteiger partial charge in [0.2, 0.25) is 0 Å². The fraction of sp³-hybridized carbons (Fsp3) is 0.125. The van der Waals surface area contributed by atoms with Gasteiger partial charge in [-0.2, -0.15) is 0 Å². The van der Waals surface area contributed by atoms with Crippen molar-refractivity contribution >= 4 is 17.1 Å². The van der Waals surface area contributed by atoms with E-state index in [0.29, 0.717) is 18.5 Å². The van der Waals surface area contributed by atoms with Crippen molar-refractivity contribution in [2.45, 2.75) is 6.42 Å². The molecule has 0 aliphatic heterocycles. The number of amides is 2. The Morgan fingerprint density at radius 3 is 2.77 bits per heavy atom. The van der Waals surface area contributed by atoms with E-state index in [-0.39, 0.29) is 11.8 Å². The van der Waals surface area contributed by atoms with Gasteiger partial charge in [0.25, 0.3) is 0 Å². The van der Waals surface area contributed by atoms with Crippen LogP contribution in [0.15, 0.2) is 54.9 Å². The number of halogens is 1. The van der Waals surface area contributed by atoms with Crippen LogP contribution >= 0.6 is 0 Å². The Morgan fingerprint density at radius 2 is 1.91 bits per heavy atom. The Morgan fingerprint density at radius 1 is 1.14 bits per heavy atom. The summed E-state index contributed by atoms with van der Waals surface area (Å²) in [6.07, 6.45) is 1.98. The van der Waals surface area contributed by atoms with Gasteiger partial charge < -0.3 is 5.32 Å². The number of rotatable bonds is 4. The number of hydrogen-bond donors (Lipinski definition) is 2. The molecule has 0 saturated heterocycles. The van der Waals surface area contributed by atoms with Crippen LogP contribution in [0.1, 0.15) is 5.56 Å². The van der Waals surface area contributed by atoms with Gasteiger partial charge in [-0.15, -0.1) is 0 Å². The maximum Gasteiger partial charge on any atom is 0.333 e. The van der Waals surface area contributed by atoms with Crippen molar-refractivity contribution in [3.05, 3.63) is 66.2 Å². The van der Waals surface area contributed by atoms with E-state index in [9.17, 15) is 9.18 Å². The Labute approximate surface area is 126 Å². The summed E-state index contributed by atoms with van der Waals surface area (Å²) < 4.78 is 15.0. The van der Waals surface area contributed by atoms with E-state index in [1.54, 1.807) is 29.2 Å². The molecule has 2 N–H and O–H groups in total. The molecule has 3 aromatic rings. The molecule has 0 atom stereocenters. The highest BCUT2D eigenvalue weighted by molar-refractivity contribution is 5.85. The molecule has 0 fully saturated rings. The molecule has 112 valence electrons. The van der Waals surface area contributed by atoms with E-state index in [0.717, 1.165) is 11.0 Å². The SMILES string of the molecule is O=C(NCCc1ccccc1F)Nn1cnc2ccccc21. The molecule has 0 bridgehead atoms. The lowest BCUT2D eigenvalue weighted by atomic mass is 10.1. The Kier molecular flexibility index (Phi) is 4.00. The van der Waals surface area contributed by atoms with E-state index in [1.165, 1.54) is 6.07 Å². The number of aromatic nitrogens is 2. The first-order valence-corrected chi connectivity index (χ1v) is 6.94. The molecular formula is C16H15FN4O. The monoisotopic (exact) mass is 298 g/mol. The maximum atomic E-state index is 13.5. The molecule has 1 heterocycles. The van der Waals surface area contributed by atoms with Crippen LogP contribution in [0.3, 0.4) is 0 Å². The average molecular weight is 298 g/mol. The molecule has 0 unspecified atom stereocenters. The second-order valence-corrected chi connectivity index (χ2v) is 4.81. The quantitative estimate of drug-likeness (QED) is 0.778. The van der Waals surface area contributed by atoms with Gasteiger partial charge in [0.15, 0.2) is 0 Å². The van der Waals surface area contributed by atoms with Crippen molar-refractivity contribution in [2.24, 2.45) is 0 Å². The second kappa shape index (κ2) is 6.26. The zero-order valence-electron chi connectivity index (χ0n) is 11.8. The third-order valence-electron chi connectivity index (χ3n) is 3.31. The molecular weight excluding hydrogens is 283 g/mol.